The Morgan fingerprint density at radius 2 is 2.00 bits per heavy atom. The van der Waals surface area contributed by atoms with E-state index < -0.39 is 6.61 Å². The van der Waals surface area contributed by atoms with Gasteiger partial charge in [-0.1, -0.05) is 12.1 Å². The Balaban J connectivity index is 2.84. The molecule has 0 unspecified atom stereocenters. The minimum atomic E-state index is -2.92. The molecule has 0 aliphatic heterocycles. The van der Waals surface area contributed by atoms with Crippen LogP contribution in [0.1, 0.15) is 25.8 Å². The van der Waals surface area contributed by atoms with E-state index in [4.69, 9.17) is 4.74 Å². The highest BCUT2D eigenvalue weighted by atomic mass is 19.3. The van der Waals surface area contributed by atoms with Crippen molar-refractivity contribution in [3.63, 3.8) is 0 Å². The van der Waals surface area contributed by atoms with Crippen molar-refractivity contribution in [3.8, 4) is 11.5 Å². The SMILES string of the molecule is CCNC(=NCc1cccc(OCC)c1OC(F)F)NCCCN(C)C. The van der Waals surface area contributed by atoms with Crippen LogP contribution in [0.4, 0.5) is 8.78 Å². The van der Waals surface area contributed by atoms with Crippen molar-refractivity contribution >= 4 is 5.96 Å². The fourth-order valence-electron chi connectivity index (χ4n) is 2.29. The molecule has 0 radical (unpaired) electrons. The number of hydrogen-bond acceptors (Lipinski definition) is 4. The van der Waals surface area contributed by atoms with Crippen LogP contribution in [0.25, 0.3) is 0 Å². The Hall–Kier alpha value is -2.09. The van der Waals surface area contributed by atoms with E-state index in [0.29, 0.717) is 30.4 Å². The molecule has 0 atom stereocenters. The number of halogens is 2. The van der Waals surface area contributed by atoms with E-state index in [2.05, 4.69) is 25.3 Å². The fraction of sp³-hybridized carbons (Fsp3) is 0.611. The van der Waals surface area contributed by atoms with Crippen LogP contribution >= 0.6 is 0 Å². The van der Waals surface area contributed by atoms with E-state index in [9.17, 15) is 8.78 Å². The van der Waals surface area contributed by atoms with Crippen molar-refractivity contribution in [2.24, 2.45) is 4.99 Å². The highest BCUT2D eigenvalue weighted by molar-refractivity contribution is 5.79. The molecule has 1 aromatic rings. The van der Waals surface area contributed by atoms with Gasteiger partial charge in [-0.25, -0.2) is 4.99 Å². The molecule has 0 spiro atoms. The first-order valence-corrected chi connectivity index (χ1v) is 8.84. The molecule has 0 bridgehead atoms. The van der Waals surface area contributed by atoms with Crippen LogP contribution in [0.2, 0.25) is 0 Å². The topological polar surface area (TPSA) is 58.1 Å². The predicted molar refractivity (Wildman–Crippen MR) is 100 cm³/mol. The second-order valence-corrected chi connectivity index (χ2v) is 5.83. The van der Waals surface area contributed by atoms with Crippen molar-refractivity contribution in [2.75, 3.05) is 40.3 Å². The van der Waals surface area contributed by atoms with Gasteiger partial charge >= 0.3 is 6.61 Å². The van der Waals surface area contributed by atoms with Crippen LogP contribution < -0.4 is 20.1 Å². The minimum absolute atomic E-state index is 0.0385. The van der Waals surface area contributed by atoms with Crippen molar-refractivity contribution < 1.29 is 18.3 Å². The van der Waals surface area contributed by atoms with Gasteiger partial charge in [0.15, 0.2) is 17.5 Å². The maximum absolute atomic E-state index is 12.8. The van der Waals surface area contributed by atoms with Gasteiger partial charge < -0.3 is 25.0 Å². The maximum atomic E-state index is 12.8. The van der Waals surface area contributed by atoms with E-state index >= 15 is 0 Å². The third-order valence-corrected chi connectivity index (χ3v) is 3.39. The summed E-state index contributed by atoms with van der Waals surface area (Å²) in [6, 6.07) is 5.06. The zero-order chi connectivity index (χ0) is 19.4. The number of nitrogens with zero attached hydrogens (tertiary/aromatic N) is 2. The number of alkyl halides is 2. The van der Waals surface area contributed by atoms with Crippen LogP contribution in [-0.2, 0) is 6.54 Å². The molecule has 0 amide bonds. The number of para-hydroxylation sites is 1. The van der Waals surface area contributed by atoms with E-state index in [1.165, 1.54) is 0 Å². The minimum Gasteiger partial charge on any atom is -0.490 e. The van der Waals surface area contributed by atoms with Crippen molar-refractivity contribution in [1.82, 2.24) is 15.5 Å². The van der Waals surface area contributed by atoms with Gasteiger partial charge in [-0.05, 0) is 47.0 Å². The lowest BCUT2D eigenvalue weighted by Crippen LogP contribution is -2.38. The largest absolute Gasteiger partial charge is 0.490 e. The molecule has 0 saturated heterocycles. The first kappa shape index (κ1) is 22.0. The summed E-state index contributed by atoms with van der Waals surface area (Å²) in [6.07, 6.45) is 0.969. The molecule has 1 rings (SSSR count). The molecule has 0 aromatic heterocycles. The molecule has 26 heavy (non-hydrogen) atoms. The quantitative estimate of drug-likeness (QED) is 0.355. The third kappa shape index (κ3) is 8.33. The summed E-state index contributed by atoms with van der Waals surface area (Å²) in [5.41, 5.74) is 0.543. The Morgan fingerprint density at radius 3 is 2.62 bits per heavy atom. The molecule has 148 valence electrons. The van der Waals surface area contributed by atoms with Crippen LogP contribution in [0, 0.1) is 0 Å². The van der Waals surface area contributed by atoms with E-state index in [1.54, 1.807) is 25.1 Å². The number of benzene rings is 1. The van der Waals surface area contributed by atoms with Crippen LogP contribution in [0.5, 0.6) is 11.5 Å². The fourth-order valence-corrected chi connectivity index (χ4v) is 2.29. The van der Waals surface area contributed by atoms with Crippen molar-refractivity contribution in [2.45, 2.75) is 33.4 Å². The molecule has 0 saturated carbocycles. The lowest BCUT2D eigenvalue weighted by Gasteiger charge is -2.16. The lowest BCUT2D eigenvalue weighted by molar-refractivity contribution is -0.0520. The normalized spacial score (nSPS) is 11.8. The summed E-state index contributed by atoms with van der Waals surface area (Å²) in [4.78, 5) is 6.58. The Kier molecular flexibility index (Phi) is 10.4. The average molecular weight is 372 g/mol. The molecule has 0 aliphatic rings. The molecule has 1 aromatic carbocycles. The molecule has 0 fully saturated rings. The number of ether oxygens (including phenoxy) is 2. The summed E-state index contributed by atoms with van der Waals surface area (Å²) in [6.45, 7) is 3.85. The van der Waals surface area contributed by atoms with Gasteiger partial charge in [0.05, 0.1) is 13.2 Å². The lowest BCUT2D eigenvalue weighted by atomic mass is 10.2. The van der Waals surface area contributed by atoms with Crippen molar-refractivity contribution in [3.05, 3.63) is 23.8 Å². The summed E-state index contributed by atoms with van der Waals surface area (Å²) in [5, 5.41) is 6.38. The number of guanidine groups is 1. The van der Waals surface area contributed by atoms with Crippen LogP contribution in [0.3, 0.4) is 0 Å². The number of nitrogens with one attached hydrogen (secondary N) is 2. The molecular weight excluding hydrogens is 342 g/mol. The van der Waals surface area contributed by atoms with Crippen LogP contribution in [0.15, 0.2) is 23.2 Å². The van der Waals surface area contributed by atoms with Gasteiger partial charge in [-0.15, -0.1) is 0 Å². The zero-order valence-electron chi connectivity index (χ0n) is 16.0. The molecule has 2 N–H and O–H groups in total. The predicted octanol–water partition coefficient (Wildman–Crippen LogP) is 2.69. The van der Waals surface area contributed by atoms with E-state index in [1.807, 2.05) is 21.0 Å². The standard InChI is InChI=1S/C18H30F2N4O2/c1-5-21-18(22-11-8-12-24(3)4)23-13-14-9-7-10-15(25-6-2)16(14)26-17(19)20/h7,9-10,17H,5-6,8,11-13H2,1-4H3,(H2,21,22,23). The first-order chi connectivity index (χ1) is 12.5. The van der Waals surface area contributed by atoms with Crippen LogP contribution in [-0.4, -0.2) is 57.8 Å². The monoisotopic (exact) mass is 372 g/mol. The highest BCUT2D eigenvalue weighted by Crippen LogP contribution is 2.33. The summed E-state index contributed by atoms with van der Waals surface area (Å²) < 4.78 is 35.6. The van der Waals surface area contributed by atoms with Gasteiger partial charge in [0.25, 0.3) is 0 Å². The summed E-state index contributed by atoms with van der Waals surface area (Å²) in [5.74, 6) is 0.970. The van der Waals surface area contributed by atoms with Gasteiger partial charge in [-0.3, -0.25) is 0 Å². The number of aliphatic imine (C=N–C) groups is 1. The Labute approximate surface area is 154 Å². The summed E-state index contributed by atoms with van der Waals surface area (Å²) >= 11 is 0. The Bertz CT molecular complexity index is 554. The summed E-state index contributed by atoms with van der Waals surface area (Å²) in [7, 11) is 4.05. The average Bonchev–Trinajstić information content (AvgIpc) is 2.58. The number of rotatable bonds is 11. The molecule has 0 aliphatic carbocycles. The van der Waals surface area contributed by atoms with Gasteiger partial charge in [0, 0.05) is 18.7 Å². The van der Waals surface area contributed by atoms with Crippen molar-refractivity contribution in [1.29, 1.82) is 0 Å². The first-order valence-electron chi connectivity index (χ1n) is 8.84. The zero-order valence-corrected chi connectivity index (χ0v) is 16.0. The van der Waals surface area contributed by atoms with Gasteiger partial charge in [0.1, 0.15) is 0 Å². The van der Waals surface area contributed by atoms with Gasteiger partial charge in [0.2, 0.25) is 0 Å². The third-order valence-electron chi connectivity index (χ3n) is 3.39. The molecule has 8 heteroatoms. The van der Waals surface area contributed by atoms with Gasteiger partial charge in [-0.2, -0.15) is 8.78 Å². The van der Waals surface area contributed by atoms with E-state index in [0.717, 1.165) is 19.5 Å². The van der Waals surface area contributed by atoms with E-state index in [-0.39, 0.29) is 12.3 Å². The second-order valence-electron chi connectivity index (χ2n) is 5.83. The molecule has 6 nitrogen and oxygen atoms in total. The highest BCUT2D eigenvalue weighted by Gasteiger charge is 2.15. The smallest absolute Gasteiger partial charge is 0.387 e. The maximum Gasteiger partial charge on any atom is 0.387 e. The Morgan fingerprint density at radius 1 is 1.23 bits per heavy atom. The molecular formula is C18H30F2N4O2. The molecule has 0 heterocycles. The second kappa shape index (κ2) is 12.3. The number of hydrogen-bond donors (Lipinski definition) is 2.